The highest BCUT2D eigenvalue weighted by molar-refractivity contribution is 5.85. The lowest BCUT2D eigenvalue weighted by Crippen LogP contribution is -2.29. The van der Waals surface area contributed by atoms with E-state index >= 15 is 0 Å². The number of piperidine rings is 1. The van der Waals surface area contributed by atoms with Crippen LogP contribution in [0.4, 0.5) is 0 Å². The third-order valence-electron chi connectivity index (χ3n) is 2.66. The van der Waals surface area contributed by atoms with Gasteiger partial charge in [0.15, 0.2) is 0 Å². The molecule has 1 rings (SSSR count). The number of aliphatic carboxylic acids is 1. The zero-order chi connectivity index (χ0) is 11.1. The Hall–Kier alpha value is -0.870. The van der Waals surface area contributed by atoms with Crippen molar-refractivity contribution in [3.05, 3.63) is 11.6 Å². The summed E-state index contributed by atoms with van der Waals surface area (Å²) < 4.78 is 5.43. The van der Waals surface area contributed by atoms with E-state index in [1.807, 2.05) is 0 Å². The van der Waals surface area contributed by atoms with Crippen LogP contribution < -0.4 is 5.32 Å². The summed E-state index contributed by atoms with van der Waals surface area (Å²) in [4.78, 5) is 10.5. The van der Waals surface area contributed by atoms with Crippen molar-refractivity contribution in [2.45, 2.75) is 19.8 Å². The van der Waals surface area contributed by atoms with Crippen molar-refractivity contribution < 1.29 is 14.6 Å². The molecule has 0 aliphatic carbocycles. The number of rotatable bonds is 5. The molecule has 0 saturated carbocycles. The standard InChI is InChI=1S/C11H19NO3/c1-9(11(13)14)4-7-15-8-10-2-5-12-6-3-10/h4,10,12H,2-3,5-8H2,1H3,(H,13,14). The molecule has 15 heavy (non-hydrogen) atoms. The van der Waals surface area contributed by atoms with Gasteiger partial charge >= 0.3 is 5.97 Å². The average Bonchev–Trinajstić information content (AvgIpc) is 2.25. The topological polar surface area (TPSA) is 58.6 Å². The molecule has 2 N–H and O–H groups in total. The molecule has 1 saturated heterocycles. The summed E-state index contributed by atoms with van der Waals surface area (Å²) >= 11 is 0. The lowest BCUT2D eigenvalue weighted by Gasteiger charge is -2.21. The predicted molar refractivity (Wildman–Crippen MR) is 57.8 cm³/mol. The van der Waals surface area contributed by atoms with Gasteiger partial charge in [-0.1, -0.05) is 0 Å². The highest BCUT2D eigenvalue weighted by Gasteiger charge is 2.12. The summed E-state index contributed by atoms with van der Waals surface area (Å²) in [5.41, 5.74) is 0.348. The van der Waals surface area contributed by atoms with Crippen molar-refractivity contribution in [1.29, 1.82) is 0 Å². The molecule has 1 aliphatic heterocycles. The zero-order valence-corrected chi connectivity index (χ0v) is 9.16. The molecule has 0 amide bonds. The van der Waals surface area contributed by atoms with E-state index in [1.165, 1.54) is 0 Å². The fourth-order valence-corrected chi connectivity index (χ4v) is 1.55. The van der Waals surface area contributed by atoms with Crippen molar-refractivity contribution in [3.63, 3.8) is 0 Å². The van der Waals surface area contributed by atoms with Crippen molar-refractivity contribution in [2.24, 2.45) is 5.92 Å². The Labute approximate surface area is 90.3 Å². The molecule has 86 valence electrons. The van der Waals surface area contributed by atoms with Gasteiger partial charge in [-0.2, -0.15) is 0 Å². The van der Waals surface area contributed by atoms with Crippen LogP contribution in [0.15, 0.2) is 11.6 Å². The molecule has 0 radical (unpaired) electrons. The van der Waals surface area contributed by atoms with Gasteiger partial charge in [-0.15, -0.1) is 0 Å². The van der Waals surface area contributed by atoms with E-state index in [1.54, 1.807) is 13.0 Å². The van der Waals surface area contributed by atoms with Crippen molar-refractivity contribution in [1.82, 2.24) is 5.32 Å². The van der Waals surface area contributed by atoms with E-state index in [9.17, 15) is 4.79 Å². The Morgan fingerprint density at radius 1 is 1.53 bits per heavy atom. The minimum atomic E-state index is -0.875. The van der Waals surface area contributed by atoms with Gasteiger partial charge < -0.3 is 15.2 Å². The van der Waals surface area contributed by atoms with Crippen LogP contribution >= 0.6 is 0 Å². The number of hydrogen-bond acceptors (Lipinski definition) is 3. The second-order valence-electron chi connectivity index (χ2n) is 3.92. The molecule has 4 heteroatoms. The molecule has 1 fully saturated rings. The average molecular weight is 213 g/mol. The van der Waals surface area contributed by atoms with E-state index in [4.69, 9.17) is 9.84 Å². The van der Waals surface area contributed by atoms with Crippen LogP contribution in [0, 0.1) is 5.92 Å². The molecule has 0 unspecified atom stereocenters. The zero-order valence-electron chi connectivity index (χ0n) is 9.16. The second kappa shape index (κ2) is 6.58. The van der Waals surface area contributed by atoms with E-state index in [2.05, 4.69) is 5.32 Å². The van der Waals surface area contributed by atoms with E-state index in [0.717, 1.165) is 32.5 Å². The minimum Gasteiger partial charge on any atom is -0.478 e. The highest BCUT2D eigenvalue weighted by atomic mass is 16.5. The van der Waals surface area contributed by atoms with Crippen LogP contribution in [0.2, 0.25) is 0 Å². The maximum Gasteiger partial charge on any atom is 0.331 e. The first-order valence-electron chi connectivity index (χ1n) is 5.38. The van der Waals surface area contributed by atoms with Gasteiger partial charge in [-0.05, 0) is 44.8 Å². The van der Waals surface area contributed by atoms with Crippen molar-refractivity contribution in [3.8, 4) is 0 Å². The fourth-order valence-electron chi connectivity index (χ4n) is 1.55. The molecule has 0 spiro atoms. The van der Waals surface area contributed by atoms with Gasteiger partial charge in [0.25, 0.3) is 0 Å². The number of carboxylic acids is 1. The van der Waals surface area contributed by atoms with Gasteiger partial charge in [0.05, 0.1) is 6.61 Å². The molecule has 0 aromatic heterocycles. The molecule has 1 aliphatic rings. The first-order valence-corrected chi connectivity index (χ1v) is 5.38. The van der Waals surface area contributed by atoms with Crippen LogP contribution in [0.1, 0.15) is 19.8 Å². The quantitative estimate of drug-likeness (QED) is 0.529. The Morgan fingerprint density at radius 3 is 2.80 bits per heavy atom. The predicted octanol–water partition coefficient (Wildman–Crippen LogP) is 1.03. The number of ether oxygens (including phenoxy) is 1. The molecule has 0 aromatic rings. The largest absolute Gasteiger partial charge is 0.478 e. The lowest BCUT2D eigenvalue weighted by atomic mass is 9.99. The smallest absolute Gasteiger partial charge is 0.331 e. The maximum absolute atomic E-state index is 10.5. The lowest BCUT2D eigenvalue weighted by molar-refractivity contribution is -0.132. The molecule has 4 nitrogen and oxygen atoms in total. The molecular formula is C11H19NO3. The van der Waals surface area contributed by atoms with Crippen LogP contribution in [0.5, 0.6) is 0 Å². The molecule has 0 aromatic carbocycles. The summed E-state index contributed by atoms with van der Waals surface area (Å²) in [5.74, 6) is -0.245. The third-order valence-corrected chi connectivity index (χ3v) is 2.66. The van der Waals surface area contributed by atoms with E-state index < -0.39 is 5.97 Å². The fraction of sp³-hybridized carbons (Fsp3) is 0.727. The first kappa shape index (κ1) is 12.2. The normalized spacial score (nSPS) is 19.1. The Balaban J connectivity index is 2.10. The minimum absolute atomic E-state index is 0.348. The first-order chi connectivity index (χ1) is 7.20. The maximum atomic E-state index is 10.5. The van der Waals surface area contributed by atoms with E-state index in [0.29, 0.717) is 18.1 Å². The summed E-state index contributed by atoms with van der Waals surface area (Å²) in [6.07, 6.45) is 3.92. The molecular weight excluding hydrogens is 194 g/mol. The number of nitrogens with one attached hydrogen (secondary N) is 1. The number of carbonyl (C=O) groups is 1. The van der Waals surface area contributed by atoms with Crippen LogP contribution in [-0.4, -0.2) is 37.4 Å². The van der Waals surface area contributed by atoms with Gasteiger partial charge in [0.1, 0.15) is 0 Å². The van der Waals surface area contributed by atoms with Gasteiger partial charge in [-0.3, -0.25) is 0 Å². The Bertz CT molecular complexity index is 232. The van der Waals surface area contributed by atoms with Gasteiger partial charge in [-0.25, -0.2) is 4.79 Å². The molecule has 1 heterocycles. The van der Waals surface area contributed by atoms with Gasteiger partial charge in [0.2, 0.25) is 0 Å². The third kappa shape index (κ3) is 4.95. The Kier molecular flexibility index (Phi) is 5.36. The van der Waals surface area contributed by atoms with Crippen LogP contribution in [0.25, 0.3) is 0 Å². The second-order valence-corrected chi connectivity index (χ2v) is 3.92. The summed E-state index contributed by atoms with van der Waals surface area (Å²) in [5, 5.41) is 11.9. The van der Waals surface area contributed by atoms with Crippen molar-refractivity contribution in [2.75, 3.05) is 26.3 Å². The number of hydrogen-bond donors (Lipinski definition) is 2. The van der Waals surface area contributed by atoms with Crippen molar-refractivity contribution >= 4 is 5.97 Å². The van der Waals surface area contributed by atoms with Crippen LogP contribution in [0.3, 0.4) is 0 Å². The van der Waals surface area contributed by atoms with Crippen LogP contribution in [-0.2, 0) is 9.53 Å². The van der Waals surface area contributed by atoms with E-state index in [-0.39, 0.29) is 0 Å². The summed E-state index contributed by atoms with van der Waals surface area (Å²) in [6, 6.07) is 0. The Morgan fingerprint density at radius 2 is 2.20 bits per heavy atom. The summed E-state index contributed by atoms with van der Waals surface area (Å²) in [6.45, 7) is 4.86. The monoisotopic (exact) mass is 213 g/mol. The molecule has 0 bridgehead atoms. The summed E-state index contributed by atoms with van der Waals surface area (Å²) in [7, 11) is 0. The SMILES string of the molecule is CC(=CCOCC1CCNCC1)C(=O)O. The van der Waals surface area contributed by atoms with Gasteiger partial charge in [0, 0.05) is 12.2 Å². The highest BCUT2D eigenvalue weighted by Crippen LogP contribution is 2.11. The number of carboxylic acid groups (broad SMARTS) is 1. The molecule has 0 atom stereocenters.